The van der Waals surface area contributed by atoms with E-state index >= 15 is 0 Å². The second-order valence-electron chi connectivity index (χ2n) is 8.98. The summed E-state index contributed by atoms with van der Waals surface area (Å²) in [5.41, 5.74) is 5.46. The molecular weight excluding hydrogens is 414 g/mol. The molecule has 0 aliphatic rings. The monoisotopic (exact) mass is 433 g/mol. The van der Waals surface area contributed by atoms with Crippen LogP contribution in [-0.4, -0.2) is 4.57 Å². The smallest absolute Gasteiger partial charge is 0.136 e. The van der Waals surface area contributed by atoms with Gasteiger partial charge in [0.25, 0.3) is 0 Å². The van der Waals surface area contributed by atoms with E-state index in [0.717, 1.165) is 21.9 Å². The lowest BCUT2D eigenvalue weighted by Crippen LogP contribution is -1.96. The molecule has 0 atom stereocenters. The first-order valence-electron chi connectivity index (χ1n) is 11.6. The number of fused-ring (bicyclic) bond motifs is 9. The van der Waals surface area contributed by atoms with Gasteiger partial charge >= 0.3 is 0 Å². The van der Waals surface area contributed by atoms with Crippen LogP contribution in [0, 0.1) is 0 Å². The third kappa shape index (κ3) is 2.29. The zero-order valence-electron chi connectivity index (χ0n) is 18.3. The number of rotatable bonds is 1. The molecule has 34 heavy (non-hydrogen) atoms. The molecule has 0 fully saturated rings. The SMILES string of the molecule is c1ccc2c(c1)cc(-n1c3ccccc3c3cc4oc5ccccc5c4cc31)c1ccccc12. The van der Waals surface area contributed by atoms with Crippen LogP contribution in [0.3, 0.4) is 0 Å². The number of benzene rings is 6. The van der Waals surface area contributed by atoms with Crippen molar-refractivity contribution in [2.75, 3.05) is 0 Å². The average molecular weight is 434 g/mol. The minimum absolute atomic E-state index is 0.928. The van der Waals surface area contributed by atoms with Crippen LogP contribution in [0.4, 0.5) is 0 Å². The summed E-state index contributed by atoms with van der Waals surface area (Å²) in [7, 11) is 0. The van der Waals surface area contributed by atoms with Crippen molar-refractivity contribution in [1.82, 2.24) is 4.57 Å². The zero-order valence-corrected chi connectivity index (χ0v) is 18.3. The van der Waals surface area contributed by atoms with Crippen molar-refractivity contribution in [3.8, 4) is 5.69 Å². The van der Waals surface area contributed by atoms with Crippen molar-refractivity contribution in [3.05, 3.63) is 115 Å². The molecule has 6 aromatic carbocycles. The minimum atomic E-state index is 0.928. The van der Waals surface area contributed by atoms with Gasteiger partial charge in [0.2, 0.25) is 0 Å². The Bertz CT molecular complexity index is 2070. The van der Waals surface area contributed by atoms with E-state index in [9.17, 15) is 0 Å². The van der Waals surface area contributed by atoms with Gasteiger partial charge in [0.1, 0.15) is 11.2 Å². The van der Waals surface area contributed by atoms with Crippen LogP contribution in [0.15, 0.2) is 120 Å². The molecule has 0 unspecified atom stereocenters. The van der Waals surface area contributed by atoms with E-state index in [1.807, 2.05) is 12.1 Å². The Morgan fingerprint density at radius 1 is 0.412 bits per heavy atom. The number of nitrogens with zero attached hydrogens (tertiary/aromatic N) is 1. The standard InChI is InChI=1S/C32H19NO/c1-2-10-21-20(9-1)17-29(23-12-4-3-11-22(21)23)33-28-15-7-5-13-24(28)26-19-32-27(18-30(26)33)25-14-6-8-16-31(25)34-32/h1-19H. The Kier molecular flexibility index (Phi) is 3.42. The van der Waals surface area contributed by atoms with Crippen LogP contribution in [0.2, 0.25) is 0 Å². The third-order valence-corrected chi connectivity index (χ3v) is 7.16. The van der Waals surface area contributed by atoms with Gasteiger partial charge in [-0.05, 0) is 46.5 Å². The Balaban J connectivity index is 1.61. The van der Waals surface area contributed by atoms with Crippen molar-refractivity contribution in [1.29, 1.82) is 0 Å². The third-order valence-electron chi connectivity index (χ3n) is 7.16. The molecule has 2 nitrogen and oxygen atoms in total. The highest BCUT2D eigenvalue weighted by Crippen LogP contribution is 2.40. The lowest BCUT2D eigenvalue weighted by atomic mass is 10.00. The molecule has 0 saturated carbocycles. The van der Waals surface area contributed by atoms with Gasteiger partial charge < -0.3 is 8.98 Å². The number of para-hydroxylation sites is 2. The van der Waals surface area contributed by atoms with Crippen molar-refractivity contribution < 1.29 is 4.42 Å². The van der Waals surface area contributed by atoms with Gasteiger partial charge in [0, 0.05) is 26.9 Å². The normalized spacial score (nSPS) is 12.1. The lowest BCUT2D eigenvalue weighted by Gasteiger charge is -2.14. The molecule has 0 N–H and O–H groups in total. The van der Waals surface area contributed by atoms with Crippen LogP contribution in [-0.2, 0) is 0 Å². The van der Waals surface area contributed by atoms with Crippen molar-refractivity contribution in [3.63, 3.8) is 0 Å². The second-order valence-corrected chi connectivity index (χ2v) is 8.98. The average Bonchev–Trinajstić information content (AvgIpc) is 3.42. The maximum Gasteiger partial charge on any atom is 0.136 e. The minimum Gasteiger partial charge on any atom is -0.456 e. The highest BCUT2D eigenvalue weighted by Gasteiger charge is 2.18. The zero-order chi connectivity index (χ0) is 22.2. The van der Waals surface area contributed by atoms with E-state index in [1.165, 1.54) is 49.0 Å². The largest absolute Gasteiger partial charge is 0.456 e. The first-order valence-corrected chi connectivity index (χ1v) is 11.6. The Morgan fingerprint density at radius 3 is 1.97 bits per heavy atom. The van der Waals surface area contributed by atoms with E-state index in [0.29, 0.717) is 0 Å². The molecule has 2 heterocycles. The first kappa shape index (κ1) is 17.9. The molecule has 0 bridgehead atoms. The van der Waals surface area contributed by atoms with Gasteiger partial charge in [-0.25, -0.2) is 0 Å². The highest BCUT2D eigenvalue weighted by molar-refractivity contribution is 6.19. The van der Waals surface area contributed by atoms with Crippen molar-refractivity contribution in [2.24, 2.45) is 0 Å². The molecule has 0 aliphatic heterocycles. The number of furan rings is 1. The van der Waals surface area contributed by atoms with Crippen LogP contribution in [0.1, 0.15) is 0 Å². The summed E-state index contributed by atoms with van der Waals surface area (Å²) in [6.45, 7) is 0. The summed E-state index contributed by atoms with van der Waals surface area (Å²) in [6.07, 6.45) is 0. The molecule has 158 valence electrons. The number of hydrogen-bond donors (Lipinski definition) is 0. The molecule has 0 radical (unpaired) electrons. The first-order chi connectivity index (χ1) is 16.9. The van der Waals surface area contributed by atoms with Crippen LogP contribution in [0.5, 0.6) is 0 Å². The summed E-state index contributed by atoms with van der Waals surface area (Å²) in [6, 6.07) is 41.2. The van der Waals surface area contributed by atoms with Gasteiger partial charge in [-0.3, -0.25) is 0 Å². The molecule has 0 saturated heterocycles. The maximum atomic E-state index is 6.24. The number of aromatic nitrogens is 1. The van der Waals surface area contributed by atoms with E-state index in [1.54, 1.807) is 0 Å². The summed E-state index contributed by atoms with van der Waals surface area (Å²) in [5.74, 6) is 0. The Labute approximate surface area is 195 Å². The molecule has 2 heteroatoms. The van der Waals surface area contributed by atoms with Crippen molar-refractivity contribution >= 4 is 65.3 Å². The van der Waals surface area contributed by atoms with Crippen molar-refractivity contribution in [2.45, 2.75) is 0 Å². The number of hydrogen-bond acceptors (Lipinski definition) is 1. The maximum absolute atomic E-state index is 6.24. The molecule has 2 aromatic heterocycles. The van der Waals surface area contributed by atoms with Gasteiger partial charge in [-0.15, -0.1) is 0 Å². The quantitative estimate of drug-likeness (QED) is 0.236. The van der Waals surface area contributed by atoms with E-state index in [-0.39, 0.29) is 0 Å². The van der Waals surface area contributed by atoms with Crippen LogP contribution < -0.4 is 0 Å². The lowest BCUT2D eigenvalue weighted by molar-refractivity contribution is 0.669. The predicted octanol–water partition coefficient (Wildman–Crippen LogP) is 8.99. The summed E-state index contributed by atoms with van der Waals surface area (Å²) in [5, 5.41) is 9.80. The molecule has 0 amide bonds. The summed E-state index contributed by atoms with van der Waals surface area (Å²) >= 11 is 0. The fourth-order valence-electron chi connectivity index (χ4n) is 5.67. The van der Waals surface area contributed by atoms with Gasteiger partial charge in [0.05, 0.1) is 16.7 Å². The van der Waals surface area contributed by atoms with E-state index in [2.05, 4.69) is 108 Å². The Hall–Kier alpha value is -4.56. The topological polar surface area (TPSA) is 18.1 Å². The van der Waals surface area contributed by atoms with Crippen LogP contribution >= 0.6 is 0 Å². The Morgan fingerprint density at radius 2 is 1.09 bits per heavy atom. The van der Waals surface area contributed by atoms with Crippen LogP contribution in [0.25, 0.3) is 71.0 Å². The fraction of sp³-hybridized carbons (Fsp3) is 0. The predicted molar refractivity (Wildman–Crippen MR) is 143 cm³/mol. The van der Waals surface area contributed by atoms with Gasteiger partial charge in [-0.1, -0.05) is 84.9 Å². The van der Waals surface area contributed by atoms with Gasteiger partial charge in [0.15, 0.2) is 0 Å². The van der Waals surface area contributed by atoms with E-state index in [4.69, 9.17) is 4.42 Å². The highest BCUT2D eigenvalue weighted by atomic mass is 16.3. The molecule has 8 rings (SSSR count). The van der Waals surface area contributed by atoms with E-state index < -0.39 is 0 Å². The molecule has 0 spiro atoms. The summed E-state index contributed by atoms with van der Waals surface area (Å²) in [4.78, 5) is 0. The molecule has 0 aliphatic carbocycles. The summed E-state index contributed by atoms with van der Waals surface area (Å²) < 4.78 is 8.67. The fourth-order valence-corrected chi connectivity index (χ4v) is 5.67. The van der Waals surface area contributed by atoms with Gasteiger partial charge in [-0.2, -0.15) is 0 Å². The second kappa shape index (κ2) is 6.49. The molecule has 8 aromatic rings. The molecular formula is C32H19NO.